The van der Waals surface area contributed by atoms with Crippen LogP contribution in [0.15, 0.2) is 36.8 Å². The van der Waals surface area contributed by atoms with Crippen LogP contribution >= 0.6 is 11.3 Å². The highest BCUT2D eigenvalue weighted by molar-refractivity contribution is 7.17. The number of aromatic nitrogens is 2. The summed E-state index contributed by atoms with van der Waals surface area (Å²) in [6.07, 6.45) is 5.23. The van der Waals surface area contributed by atoms with Crippen molar-refractivity contribution in [1.82, 2.24) is 9.55 Å². The maximum Gasteiger partial charge on any atom is 0.357 e. The number of imidazole rings is 1. The number of ether oxygens (including phenoxy) is 1. The van der Waals surface area contributed by atoms with Crippen molar-refractivity contribution in [2.75, 3.05) is 11.9 Å². The Labute approximate surface area is 174 Å². The Morgan fingerprint density at radius 3 is 2.73 bits per heavy atom. The topological polar surface area (TPSA) is 116 Å². The minimum atomic E-state index is -0.768. The fourth-order valence-corrected chi connectivity index (χ4v) is 4.69. The minimum absolute atomic E-state index is 0.0855. The van der Waals surface area contributed by atoms with Gasteiger partial charge in [0.2, 0.25) is 0 Å². The lowest BCUT2D eigenvalue weighted by molar-refractivity contribution is -0.119. The van der Waals surface area contributed by atoms with E-state index >= 15 is 0 Å². The van der Waals surface area contributed by atoms with Crippen LogP contribution in [-0.2, 0) is 22.4 Å². The van der Waals surface area contributed by atoms with Crippen molar-refractivity contribution in [3.05, 3.63) is 64.3 Å². The molecule has 2 aromatic heterocycles. The van der Waals surface area contributed by atoms with Gasteiger partial charge in [0, 0.05) is 10.6 Å². The molecule has 0 atom stereocenters. The summed E-state index contributed by atoms with van der Waals surface area (Å²) < 4.78 is 19.6. The number of hydrogen-bond acceptors (Lipinski definition) is 6. The molecule has 154 valence electrons. The lowest BCUT2D eigenvalue weighted by Gasteiger charge is -2.09. The summed E-state index contributed by atoms with van der Waals surface area (Å²) in [6, 6.07) is 5.49. The molecule has 2 heterocycles. The fraction of sp³-hybridized carbons (Fsp3) is 0.200. The van der Waals surface area contributed by atoms with Gasteiger partial charge in [-0.15, -0.1) is 11.3 Å². The number of esters is 1. The first-order valence-corrected chi connectivity index (χ1v) is 9.95. The van der Waals surface area contributed by atoms with Crippen molar-refractivity contribution in [3.63, 3.8) is 0 Å². The van der Waals surface area contributed by atoms with Crippen LogP contribution in [0.5, 0.6) is 0 Å². The van der Waals surface area contributed by atoms with Crippen molar-refractivity contribution < 1.29 is 23.5 Å². The van der Waals surface area contributed by atoms with Crippen LogP contribution in [0.2, 0.25) is 0 Å². The second-order valence-electron chi connectivity index (χ2n) is 6.68. The van der Waals surface area contributed by atoms with Crippen LogP contribution < -0.4 is 11.1 Å². The van der Waals surface area contributed by atoms with Gasteiger partial charge in [-0.25, -0.2) is 14.2 Å². The average molecular weight is 428 g/mol. The molecule has 10 heteroatoms. The van der Waals surface area contributed by atoms with E-state index in [4.69, 9.17) is 10.5 Å². The van der Waals surface area contributed by atoms with Gasteiger partial charge in [-0.1, -0.05) is 0 Å². The van der Waals surface area contributed by atoms with E-state index in [1.54, 1.807) is 0 Å². The summed E-state index contributed by atoms with van der Waals surface area (Å²) in [5.41, 5.74) is 7.30. The summed E-state index contributed by atoms with van der Waals surface area (Å²) >= 11 is 1.32. The minimum Gasteiger partial charge on any atom is -0.451 e. The molecule has 0 spiro atoms. The Balaban J connectivity index is 1.42. The number of nitrogens with zero attached hydrogens (tertiary/aromatic N) is 2. The average Bonchev–Trinajstić information content (AvgIpc) is 3.42. The Morgan fingerprint density at radius 1 is 1.23 bits per heavy atom. The zero-order valence-electron chi connectivity index (χ0n) is 15.7. The smallest absolute Gasteiger partial charge is 0.357 e. The molecule has 0 saturated heterocycles. The van der Waals surface area contributed by atoms with E-state index in [-0.39, 0.29) is 5.69 Å². The first kappa shape index (κ1) is 19.8. The van der Waals surface area contributed by atoms with Crippen LogP contribution in [0.1, 0.15) is 37.7 Å². The third kappa shape index (κ3) is 3.81. The SMILES string of the molecule is NC(=O)c1c(NC(=O)COC(=O)c2cncn2-c2ccc(F)cc2)sc2c1CCC2. The zero-order valence-corrected chi connectivity index (χ0v) is 16.5. The fourth-order valence-electron chi connectivity index (χ4n) is 3.37. The van der Waals surface area contributed by atoms with E-state index in [1.165, 1.54) is 52.7 Å². The molecule has 4 rings (SSSR count). The number of hydrogen-bond donors (Lipinski definition) is 2. The number of aryl methyl sites for hydroxylation is 1. The maximum absolute atomic E-state index is 13.1. The summed E-state index contributed by atoms with van der Waals surface area (Å²) in [6.45, 7) is -0.547. The highest BCUT2D eigenvalue weighted by Crippen LogP contribution is 2.38. The largest absolute Gasteiger partial charge is 0.451 e. The van der Waals surface area contributed by atoms with Gasteiger partial charge in [0.15, 0.2) is 12.3 Å². The molecule has 0 unspecified atom stereocenters. The number of rotatable bonds is 6. The van der Waals surface area contributed by atoms with E-state index in [0.29, 0.717) is 16.3 Å². The van der Waals surface area contributed by atoms with Crippen molar-refractivity contribution >= 4 is 34.1 Å². The second-order valence-corrected chi connectivity index (χ2v) is 7.78. The Kier molecular flexibility index (Phi) is 5.32. The molecule has 1 aliphatic carbocycles. The highest BCUT2D eigenvalue weighted by atomic mass is 32.1. The standard InChI is InChI=1S/C20H17FN4O4S/c21-11-4-6-12(7-5-11)25-10-23-8-14(25)20(28)29-9-16(26)24-19-17(18(22)27)13-2-1-3-15(13)30-19/h4-8,10H,1-3,9H2,(H2,22,27)(H,24,26). The lowest BCUT2D eigenvalue weighted by atomic mass is 10.1. The lowest BCUT2D eigenvalue weighted by Crippen LogP contribution is -2.23. The molecule has 0 fully saturated rings. The molecule has 30 heavy (non-hydrogen) atoms. The Hall–Kier alpha value is -3.53. The van der Waals surface area contributed by atoms with Crippen molar-refractivity contribution in [3.8, 4) is 5.69 Å². The predicted molar refractivity (Wildman–Crippen MR) is 107 cm³/mol. The first-order valence-electron chi connectivity index (χ1n) is 9.13. The van der Waals surface area contributed by atoms with Gasteiger partial charge in [0.25, 0.3) is 11.8 Å². The van der Waals surface area contributed by atoms with Gasteiger partial charge in [-0.3, -0.25) is 14.2 Å². The van der Waals surface area contributed by atoms with Gasteiger partial charge >= 0.3 is 5.97 Å². The van der Waals surface area contributed by atoms with Crippen molar-refractivity contribution in [1.29, 1.82) is 0 Å². The van der Waals surface area contributed by atoms with E-state index in [9.17, 15) is 18.8 Å². The third-order valence-electron chi connectivity index (χ3n) is 4.71. The predicted octanol–water partition coefficient (Wildman–Crippen LogP) is 2.46. The molecule has 0 radical (unpaired) electrons. The van der Waals surface area contributed by atoms with Crippen LogP contribution in [-0.4, -0.2) is 33.9 Å². The number of benzene rings is 1. The number of thiophene rings is 1. The Morgan fingerprint density at radius 2 is 2.00 bits per heavy atom. The molecule has 0 saturated carbocycles. The maximum atomic E-state index is 13.1. The number of nitrogens with one attached hydrogen (secondary N) is 1. The van der Waals surface area contributed by atoms with Crippen LogP contribution in [0, 0.1) is 5.82 Å². The van der Waals surface area contributed by atoms with Crippen molar-refractivity contribution in [2.45, 2.75) is 19.3 Å². The number of nitrogens with two attached hydrogens (primary N) is 1. The number of primary amides is 1. The van der Waals surface area contributed by atoms with Crippen molar-refractivity contribution in [2.24, 2.45) is 5.73 Å². The van der Waals surface area contributed by atoms with E-state index < -0.39 is 30.2 Å². The number of carbonyl (C=O) groups excluding carboxylic acids is 3. The third-order valence-corrected chi connectivity index (χ3v) is 5.91. The molecular weight excluding hydrogens is 411 g/mol. The summed E-state index contributed by atoms with van der Waals surface area (Å²) in [5, 5.41) is 2.99. The van der Waals surface area contributed by atoms with Gasteiger partial charge in [0.1, 0.15) is 10.8 Å². The quantitative estimate of drug-likeness (QED) is 0.585. The van der Waals surface area contributed by atoms with E-state index in [0.717, 1.165) is 29.7 Å². The summed E-state index contributed by atoms with van der Waals surface area (Å²) in [5.74, 6) is -2.35. The van der Waals surface area contributed by atoms with Gasteiger partial charge < -0.3 is 15.8 Å². The molecule has 3 N–H and O–H groups in total. The van der Waals surface area contributed by atoms with E-state index in [2.05, 4.69) is 10.3 Å². The van der Waals surface area contributed by atoms with Gasteiger partial charge in [-0.2, -0.15) is 0 Å². The highest BCUT2D eigenvalue weighted by Gasteiger charge is 2.26. The molecule has 2 amide bonds. The van der Waals surface area contributed by atoms with E-state index in [1.807, 2.05) is 0 Å². The van der Waals surface area contributed by atoms with Crippen LogP contribution in [0.4, 0.5) is 9.39 Å². The van der Waals surface area contributed by atoms with Gasteiger partial charge in [-0.05, 0) is 49.1 Å². The van der Waals surface area contributed by atoms with Crippen LogP contribution in [0.3, 0.4) is 0 Å². The molecular formula is C20H17FN4O4S. The molecule has 1 aromatic carbocycles. The molecule has 0 bridgehead atoms. The zero-order chi connectivity index (χ0) is 21.3. The summed E-state index contributed by atoms with van der Waals surface area (Å²) in [4.78, 5) is 41.4. The molecule has 0 aliphatic heterocycles. The summed E-state index contributed by atoms with van der Waals surface area (Å²) in [7, 11) is 0. The number of fused-ring (bicyclic) bond motifs is 1. The van der Waals surface area contributed by atoms with Gasteiger partial charge in [0.05, 0.1) is 18.1 Å². The second kappa shape index (κ2) is 8.07. The molecule has 1 aliphatic rings. The number of anilines is 1. The normalized spacial score (nSPS) is 12.4. The number of halogens is 1. The first-order chi connectivity index (χ1) is 14.4. The molecule has 8 nitrogen and oxygen atoms in total. The number of amides is 2. The number of carbonyl (C=O) groups is 3. The molecule has 3 aromatic rings. The van der Waals surface area contributed by atoms with Crippen LogP contribution in [0.25, 0.3) is 5.69 Å². The monoisotopic (exact) mass is 428 g/mol. The Bertz CT molecular complexity index is 1140.